The number of aliphatic hydroxyl groups is 1. The molecule has 0 spiro atoms. The lowest BCUT2D eigenvalue weighted by atomic mass is 9.99. The minimum atomic E-state index is -0.452. The minimum absolute atomic E-state index is 0.112. The van der Waals surface area contributed by atoms with Gasteiger partial charge in [0.25, 0.3) is 0 Å². The number of allylic oxidation sites excluding steroid dienone is 3. The standard InChI is InChI=1S/C10H19NO/c1-4-5-6-7-8(2)10(12)9(3)11/h4-10,12H,11H2,1-3H3/b5-4-,7-6-/t8-,9+,10+/m1/s1. The van der Waals surface area contributed by atoms with Crippen molar-refractivity contribution in [1.29, 1.82) is 0 Å². The minimum Gasteiger partial charge on any atom is -0.391 e. The van der Waals surface area contributed by atoms with Gasteiger partial charge in [0.05, 0.1) is 6.10 Å². The van der Waals surface area contributed by atoms with Crippen LogP contribution in [-0.2, 0) is 0 Å². The number of aliphatic hydroxyl groups excluding tert-OH is 1. The summed E-state index contributed by atoms with van der Waals surface area (Å²) in [7, 11) is 0. The highest BCUT2D eigenvalue weighted by Gasteiger charge is 2.14. The first kappa shape index (κ1) is 11.4. The van der Waals surface area contributed by atoms with Crippen molar-refractivity contribution in [2.45, 2.75) is 32.9 Å². The van der Waals surface area contributed by atoms with E-state index in [2.05, 4.69) is 0 Å². The van der Waals surface area contributed by atoms with Crippen LogP contribution >= 0.6 is 0 Å². The molecule has 3 N–H and O–H groups in total. The Balaban J connectivity index is 3.93. The van der Waals surface area contributed by atoms with Gasteiger partial charge in [0.15, 0.2) is 0 Å². The van der Waals surface area contributed by atoms with Gasteiger partial charge in [-0.25, -0.2) is 0 Å². The van der Waals surface area contributed by atoms with E-state index in [1.54, 1.807) is 0 Å². The van der Waals surface area contributed by atoms with Gasteiger partial charge >= 0.3 is 0 Å². The first-order valence-electron chi connectivity index (χ1n) is 4.32. The Morgan fingerprint density at radius 2 is 1.83 bits per heavy atom. The molecule has 12 heavy (non-hydrogen) atoms. The lowest BCUT2D eigenvalue weighted by Crippen LogP contribution is -2.35. The topological polar surface area (TPSA) is 46.2 Å². The zero-order valence-electron chi connectivity index (χ0n) is 8.07. The van der Waals surface area contributed by atoms with Crippen LogP contribution in [0.5, 0.6) is 0 Å². The van der Waals surface area contributed by atoms with Crippen molar-refractivity contribution in [3.63, 3.8) is 0 Å². The summed E-state index contributed by atoms with van der Waals surface area (Å²) in [6.45, 7) is 5.72. The molecule has 0 aromatic rings. The molecule has 0 rings (SSSR count). The fourth-order valence-corrected chi connectivity index (χ4v) is 0.943. The SMILES string of the molecule is C/C=C\C=C/[C@@H](C)[C@H](O)[C@H](C)N. The highest BCUT2D eigenvalue weighted by Crippen LogP contribution is 2.07. The molecule has 0 amide bonds. The molecule has 0 aliphatic rings. The molecule has 0 saturated heterocycles. The lowest BCUT2D eigenvalue weighted by molar-refractivity contribution is 0.115. The third kappa shape index (κ3) is 4.31. The predicted molar refractivity (Wildman–Crippen MR) is 52.8 cm³/mol. The van der Waals surface area contributed by atoms with Gasteiger partial charge in [0.1, 0.15) is 0 Å². The van der Waals surface area contributed by atoms with E-state index in [9.17, 15) is 5.11 Å². The Morgan fingerprint density at radius 1 is 1.25 bits per heavy atom. The molecule has 2 nitrogen and oxygen atoms in total. The Labute approximate surface area is 74.8 Å². The first-order valence-corrected chi connectivity index (χ1v) is 4.32. The lowest BCUT2D eigenvalue weighted by Gasteiger charge is -2.18. The van der Waals surface area contributed by atoms with Crippen LogP contribution in [0.2, 0.25) is 0 Å². The van der Waals surface area contributed by atoms with E-state index in [0.717, 1.165) is 0 Å². The van der Waals surface area contributed by atoms with Crippen molar-refractivity contribution in [3.8, 4) is 0 Å². The summed E-state index contributed by atoms with van der Waals surface area (Å²) in [6.07, 6.45) is 7.31. The van der Waals surface area contributed by atoms with Gasteiger partial charge in [-0.2, -0.15) is 0 Å². The van der Waals surface area contributed by atoms with Gasteiger partial charge < -0.3 is 10.8 Å². The summed E-state index contributed by atoms with van der Waals surface area (Å²) in [5.41, 5.74) is 5.54. The van der Waals surface area contributed by atoms with Crippen molar-refractivity contribution in [3.05, 3.63) is 24.3 Å². The molecular weight excluding hydrogens is 150 g/mol. The first-order chi connectivity index (χ1) is 5.59. The molecule has 3 atom stereocenters. The van der Waals surface area contributed by atoms with Gasteiger partial charge in [0, 0.05) is 12.0 Å². The van der Waals surface area contributed by atoms with Crippen LogP contribution in [0.25, 0.3) is 0 Å². The zero-order chi connectivity index (χ0) is 9.56. The van der Waals surface area contributed by atoms with Crippen LogP contribution in [0.1, 0.15) is 20.8 Å². The van der Waals surface area contributed by atoms with E-state index in [1.807, 2.05) is 45.1 Å². The largest absolute Gasteiger partial charge is 0.391 e. The molecule has 0 aliphatic heterocycles. The second-order valence-electron chi connectivity index (χ2n) is 3.12. The van der Waals surface area contributed by atoms with E-state index in [-0.39, 0.29) is 12.0 Å². The monoisotopic (exact) mass is 169 g/mol. The van der Waals surface area contributed by atoms with Crippen molar-refractivity contribution < 1.29 is 5.11 Å². The number of nitrogens with two attached hydrogens (primary N) is 1. The maximum Gasteiger partial charge on any atom is 0.0748 e. The van der Waals surface area contributed by atoms with Gasteiger partial charge in [-0.1, -0.05) is 31.2 Å². The van der Waals surface area contributed by atoms with Crippen LogP contribution in [0.15, 0.2) is 24.3 Å². The zero-order valence-corrected chi connectivity index (χ0v) is 8.07. The second-order valence-corrected chi connectivity index (χ2v) is 3.12. The van der Waals surface area contributed by atoms with Crippen LogP contribution < -0.4 is 5.73 Å². The van der Waals surface area contributed by atoms with Gasteiger partial charge in [-0.3, -0.25) is 0 Å². The summed E-state index contributed by atoms with van der Waals surface area (Å²) in [6, 6.07) is -0.171. The Morgan fingerprint density at radius 3 is 2.25 bits per heavy atom. The molecule has 0 aromatic carbocycles. The quantitative estimate of drug-likeness (QED) is 0.626. The molecule has 0 fully saturated rings. The van der Waals surface area contributed by atoms with Crippen molar-refractivity contribution in [2.75, 3.05) is 0 Å². The molecule has 70 valence electrons. The smallest absolute Gasteiger partial charge is 0.0748 e. The van der Waals surface area contributed by atoms with Gasteiger partial charge in [-0.05, 0) is 13.8 Å². The van der Waals surface area contributed by atoms with Crippen molar-refractivity contribution >= 4 is 0 Å². The predicted octanol–water partition coefficient (Wildman–Crippen LogP) is 1.46. The van der Waals surface area contributed by atoms with E-state index in [1.165, 1.54) is 0 Å². The molecule has 0 aliphatic carbocycles. The van der Waals surface area contributed by atoms with E-state index in [0.29, 0.717) is 0 Å². The molecule has 0 bridgehead atoms. The van der Waals surface area contributed by atoms with Crippen LogP contribution in [0.3, 0.4) is 0 Å². The Hall–Kier alpha value is -0.600. The number of hydrogen-bond acceptors (Lipinski definition) is 2. The molecule has 2 heteroatoms. The molecule has 0 radical (unpaired) electrons. The maximum atomic E-state index is 9.49. The Bertz CT molecular complexity index is 161. The number of hydrogen-bond donors (Lipinski definition) is 2. The normalized spacial score (nSPS) is 20.1. The summed E-state index contributed by atoms with van der Waals surface area (Å²) in [5, 5.41) is 9.49. The molecule has 0 saturated carbocycles. The second kappa shape index (κ2) is 5.98. The third-order valence-electron chi connectivity index (χ3n) is 1.80. The average Bonchev–Trinajstić information content (AvgIpc) is 2.03. The average molecular weight is 169 g/mol. The molecule has 0 unspecified atom stereocenters. The van der Waals surface area contributed by atoms with E-state index in [4.69, 9.17) is 5.73 Å². The summed E-state index contributed by atoms with van der Waals surface area (Å²) >= 11 is 0. The number of rotatable bonds is 4. The Kier molecular flexibility index (Phi) is 5.68. The van der Waals surface area contributed by atoms with Crippen LogP contribution in [0.4, 0.5) is 0 Å². The fraction of sp³-hybridized carbons (Fsp3) is 0.600. The van der Waals surface area contributed by atoms with Gasteiger partial charge in [-0.15, -0.1) is 0 Å². The summed E-state index contributed by atoms with van der Waals surface area (Å²) < 4.78 is 0. The maximum absolute atomic E-state index is 9.49. The van der Waals surface area contributed by atoms with Crippen molar-refractivity contribution in [2.24, 2.45) is 11.7 Å². The van der Waals surface area contributed by atoms with Gasteiger partial charge in [0.2, 0.25) is 0 Å². The highest BCUT2D eigenvalue weighted by atomic mass is 16.3. The van der Waals surface area contributed by atoms with Crippen LogP contribution in [-0.4, -0.2) is 17.3 Å². The fourth-order valence-electron chi connectivity index (χ4n) is 0.943. The summed E-state index contributed by atoms with van der Waals surface area (Å²) in [4.78, 5) is 0. The highest BCUT2D eigenvalue weighted by molar-refractivity contribution is 5.04. The van der Waals surface area contributed by atoms with Crippen molar-refractivity contribution in [1.82, 2.24) is 0 Å². The van der Waals surface area contributed by atoms with E-state index < -0.39 is 6.10 Å². The molecular formula is C10H19NO. The molecule has 0 heterocycles. The summed E-state index contributed by atoms with van der Waals surface area (Å²) in [5.74, 6) is 0.112. The molecule has 0 aromatic heterocycles. The van der Waals surface area contributed by atoms with E-state index >= 15 is 0 Å². The third-order valence-corrected chi connectivity index (χ3v) is 1.80. The van der Waals surface area contributed by atoms with Crippen LogP contribution in [0, 0.1) is 5.92 Å².